The van der Waals surface area contributed by atoms with E-state index in [1.165, 1.54) is 13.2 Å². The number of ether oxygens (including phenoxy) is 4. The number of carbonyl (C=O) groups is 1. The second kappa shape index (κ2) is 7.52. The quantitative estimate of drug-likeness (QED) is 0.549. The molecule has 0 unspecified atom stereocenters. The van der Waals surface area contributed by atoms with Gasteiger partial charge in [0.1, 0.15) is 18.1 Å². The number of benzene rings is 1. The Kier molecular flexibility index (Phi) is 5.96. The Morgan fingerprint density at radius 1 is 1.17 bits per heavy atom. The van der Waals surface area contributed by atoms with E-state index in [1.807, 2.05) is 0 Å². The van der Waals surface area contributed by atoms with E-state index in [0.29, 0.717) is 24.7 Å². The summed E-state index contributed by atoms with van der Waals surface area (Å²) in [5, 5.41) is 0. The summed E-state index contributed by atoms with van der Waals surface area (Å²) in [6.45, 7) is 0.872. The molecule has 1 aromatic carbocycles. The largest absolute Gasteiger partial charge is 0.490 e. The SMILES string of the molecule is COCCOc1ccc(OCOC)cc1C(N)=O. The number of hydrogen-bond donors (Lipinski definition) is 1. The summed E-state index contributed by atoms with van der Waals surface area (Å²) in [5.74, 6) is 0.319. The fourth-order valence-corrected chi connectivity index (χ4v) is 1.28. The van der Waals surface area contributed by atoms with Crippen molar-refractivity contribution in [2.75, 3.05) is 34.2 Å². The summed E-state index contributed by atoms with van der Waals surface area (Å²) in [7, 11) is 3.08. The molecule has 0 heterocycles. The van der Waals surface area contributed by atoms with Crippen LogP contribution in [0.2, 0.25) is 0 Å². The average Bonchev–Trinajstić information content (AvgIpc) is 2.37. The van der Waals surface area contributed by atoms with Crippen LogP contribution in [0, 0.1) is 0 Å². The van der Waals surface area contributed by atoms with E-state index in [-0.39, 0.29) is 12.4 Å². The fraction of sp³-hybridized carbons (Fsp3) is 0.417. The number of rotatable bonds is 8. The predicted molar refractivity (Wildman–Crippen MR) is 64.8 cm³/mol. The van der Waals surface area contributed by atoms with Crippen LogP contribution in [0.15, 0.2) is 18.2 Å². The van der Waals surface area contributed by atoms with Crippen LogP contribution in [0.25, 0.3) is 0 Å². The van der Waals surface area contributed by atoms with Gasteiger partial charge in [0, 0.05) is 14.2 Å². The van der Waals surface area contributed by atoms with Gasteiger partial charge in [-0.3, -0.25) is 4.79 Å². The van der Waals surface area contributed by atoms with E-state index in [1.54, 1.807) is 19.2 Å². The van der Waals surface area contributed by atoms with Crippen molar-refractivity contribution in [2.24, 2.45) is 5.73 Å². The molecule has 0 bridgehead atoms. The Bertz CT molecular complexity index is 394. The number of nitrogens with two attached hydrogens (primary N) is 1. The molecule has 100 valence electrons. The highest BCUT2D eigenvalue weighted by atomic mass is 16.7. The zero-order chi connectivity index (χ0) is 13.4. The van der Waals surface area contributed by atoms with Crippen molar-refractivity contribution in [1.29, 1.82) is 0 Å². The Labute approximate surface area is 106 Å². The van der Waals surface area contributed by atoms with Gasteiger partial charge in [-0.25, -0.2) is 0 Å². The van der Waals surface area contributed by atoms with E-state index in [0.717, 1.165) is 0 Å². The number of carbonyl (C=O) groups excluding carboxylic acids is 1. The van der Waals surface area contributed by atoms with Crippen LogP contribution in [0.4, 0.5) is 0 Å². The van der Waals surface area contributed by atoms with Crippen LogP contribution in [0.3, 0.4) is 0 Å². The van der Waals surface area contributed by atoms with Crippen molar-refractivity contribution >= 4 is 5.91 Å². The molecule has 1 rings (SSSR count). The van der Waals surface area contributed by atoms with E-state index in [9.17, 15) is 4.79 Å². The Hall–Kier alpha value is -1.79. The Morgan fingerprint density at radius 3 is 2.56 bits per heavy atom. The van der Waals surface area contributed by atoms with Crippen LogP contribution >= 0.6 is 0 Å². The van der Waals surface area contributed by atoms with Crippen molar-refractivity contribution < 1.29 is 23.7 Å². The van der Waals surface area contributed by atoms with E-state index >= 15 is 0 Å². The summed E-state index contributed by atoms with van der Waals surface area (Å²) in [4.78, 5) is 11.3. The number of primary amides is 1. The molecule has 0 atom stereocenters. The smallest absolute Gasteiger partial charge is 0.252 e. The first-order valence-electron chi connectivity index (χ1n) is 5.36. The lowest BCUT2D eigenvalue weighted by Gasteiger charge is -2.11. The molecule has 2 N–H and O–H groups in total. The summed E-state index contributed by atoms with van der Waals surface area (Å²) in [6.07, 6.45) is 0. The first kappa shape index (κ1) is 14.3. The maximum absolute atomic E-state index is 11.3. The molecule has 0 aliphatic heterocycles. The van der Waals surface area contributed by atoms with Crippen LogP contribution in [-0.4, -0.2) is 40.1 Å². The topological polar surface area (TPSA) is 80.0 Å². The summed E-state index contributed by atoms with van der Waals surface area (Å²) in [5.41, 5.74) is 5.54. The zero-order valence-electron chi connectivity index (χ0n) is 10.5. The molecule has 1 amide bonds. The minimum Gasteiger partial charge on any atom is -0.490 e. The molecule has 6 nitrogen and oxygen atoms in total. The second-order valence-electron chi connectivity index (χ2n) is 3.41. The lowest BCUT2D eigenvalue weighted by atomic mass is 10.2. The van der Waals surface area contributed by atoms with Crippen LogP contribution < -0.4 is 15.2 Å². The van der Waals surface area contributed by atoms with Gasteiger partial charge in [-0.2, -0.15) is 0 Å². The van der Waals surface area contributed by atoms with Crippen molar-refractivity contribution in [2.45, 2.75) is 0 Å². The van der Waals surface area contributed by atoms with Gasteiger partial charge >= 0.3 is 0 Å². The second-order valence-corrected chi connectivity index (χ2v) is 3.41. The lowest BCUT2D eigenvalue weighted by Crippen LogP contribution is -2.15. The third-order valence-corrected chi connectivity index (χ3v) is 2.10. The molecule has 0 aliphatic rings. The van der Waals surface area contributed by atoms with E-state index in [4.69, 9.17) is 24.7 Å². The average molecular weight is 255 g/mol. The van der Waals surface area contributed by atoms with Crippen molar-refractivity contribution in [3.05, 3.63) is 23.8 Å². The van der Waals surface area contributed by atoms with Gasteiger partial charge in [0.05, 0.1) is 12.2 Å². The molecule has 6 heteroatoms. The first-order valence-corrected chi connectivity index (χ1v) is 5.36. The Balaban J connectivity index is 2.80. The highest BCUT2D eigenvalue weighted by Crippen LogP contribution is 2.24. The predicted octanol–water partition coefficient (Wildman–Crippen LogP) is 0.793. The van der Waals surface area contributed by atoms with Crippen molar-refractivity contribution in [3.63, 3.8) is 0 Å². The van der Waals surface area contributed by atoms with Crippen LogP contribution in [0.1, 0.15) is 10.4 Å². The van der Waals surface area contributed by atoms with Crippen molar-refractivity contribution in [1.82, 2.24) is 0 Å². The van der Waals surface area contributed by atoms with E-state index < -0.39 is 5.91 Å². The van der Waals surface area contributed by atoms with Crippen molar-refractivity contribution in [3.8, 4) is 11.5 Å². The standard InChI is InChI=1S/C12H17NO5/c1-15-5-6-17-11-4-3-9(18-8-16-2)7-10(11)12(13)14/h3-4,7H,5-6,8H2,1-2H3,(H2,13,14). The van der Waals surface area contributed by atoms with Crippen LogP contribution in [0.5, 0.6) is 11.5 Å². The maximum Gasteiger partial charge on any atom is 0.252 e. The van der Waals surface area contributed by atoms with Crippen LogP contribution in [-0.2, 0) is 9.47 Å². The molecule has 0 radical (unpaired) electrons. The van der Waals surface area contributed by atoms with Gasteiger partial charge in [0.25, 0.3) is 5.91 Å². The molecule has 0 aromatic heterocycles. The number of methoxy groups -OCH3 is 2. The summed E-state index contributed by atoms with van der Waals surface area (Å²) < 4.78 is 20.2. The van der Waals surface area contributed by atoms with Gasteiger partial charge in [0.15, 0.2) is 6.79 Å². The molecule has 0 spiro atoms. The fourth-order valence-electron chi connectivity index (χ4n) is 1.28. The Morgan fingerprint density at radius 2 is 1.94 bits per heavy atom. The molecule has 0 aliphatic carbocycles. The molecular formula is C12H17NO5. The lowest BCUT2D eigenvalue weighted by molar-refractivity contribution is 0.0509. The normalized spacial score (nSPS) is 10.1. The number of amides is 1. The minimum atomic E-state index is -0.578. The summed E-state index contributed by atoms with van der Waals surface area (Å²) in [6, 6.07) is 4.82. The zero-order valence-corrected chi connectivity index (χ0v) is 10.5. The van der Waals surface area contributed by atoms with Gasteiger partial charge in [-0.05, 0) is 18.2 Å². The maximum atomic E-state index is 11.3. The highest BCUT2D eigenvalue weighted by molar-refractivity contribution is 5.96. The van der Waals surface area contributed by atoms with Gasteiger partial charge < -0.3 is 24.7 Å². The molecule has 0 saturated carbocycles. The first-order chi connectivity index (χ1) is 8.69. The van der Waals surface area contributed by atoms with Gasteiger partial charge in [0.2, 0.25) is 0 Å². The highest BCUT2D eigenvalue weighted by Gasteiger charge is 2.11. The molecule has 0 fully saturated rings. The van der Waals surface area contributed by atoms with Gasteiger partial charge in [-0.15, -0.1) is 0 Å². The minimum absolute atomic E-state index is 0.0993. The third-order valence-electron chi connectivity index (χ3n) is 2.10. The van der Waals surface area contributed by atoms with E-state index in [2.05, 4.69) is 0 Å². The van der Waals surface area contributed by atoms with Gasteiger partial charge in [-0.1, -0.05) is 0 Å². The molecule has 1 aromatic rings. The molecule has 18 heavy (non-hydrogen) atoms. The summed E-state index contributed by atoms with van der Waals surface area (Å²) >= 11 is 0. The third kappa shape index (κ3) is 4.23. The number of hydrogen-bond acceptors (Lipinski definition) is 5. The monoisotopic (exact) mass is 255 g/mol. The molecule has 0 saturated heterocycles. The molecular weight excluding hydrogens is 238 g/mol.